The number of aromatic amines is 1. The van der Waals surface area contributed by atoms with Crippen LogP contribution in [0.2, 0.25) is 0 Å². The number of nitrogens with zero attached hydrogens (tertiary/aromatic N) is 2. The Bertz CT molecular complexity index is 734. The van der Waals surface area contributed by atoms with Gasteiger partial charge in [0.15, 0.2) is 0 Å². The van der Waals surface area contributed by atoms with Gasteiger partial charge in [-0.05, 0) is 23.6 Å². The van der Waals surface area contributed by atoms with Gasteiger partial charge in [-0.15, -0.1) is 0 Å². The van der Waals surface area contributed by atoms with Crippen molar-refractivity contribution in [3.05, 3.63) is 58.9 Å². The Hall–Kier alpha value is -2.89. The fraction of sp³-hybridized carbons (Fsp3) is 0. The van der Waals surface area contributed by atoms with E-state index in [9.17, 15) is 10.1 Å². The summed E-state index contributed by atoms with van der Waals surface area (Å²) in [7, 11) is 0. The van der Waals surface area contributed by atoms with Crippen molar-refractivity contribution < 1.29 is 9.66 Å². The molecule has 1 N–H and O–H groups in total. The molecule has 2 aromatic heterocycles. The standard InChI is InChI=1S/C13H9N3O3/c17-16(18)10-2-4-13(15-8-10)19-11-3-1-9-5-6-14-12(9)7-11/h1-8,14H. The molecule has 0 amide bonds. The first kappa shape index (κ1) is 11.2. The summed E-state index contributed by atoms with van der Waals surface area (Å²) in [6.07, 6.45) is 3.01. The van der Waals surface area contributed by atoms with Gasteiger partial charge in [0.1, 0.15) is 11.9 Å². The van der Waals surface area contributed by atoms with Gasteiger partial charge in [-0.1, -0.05) is 0 Å². The normalized spacial score (nSPS) is 10.5. The summed E-state index contributed by atoms with van der Waals surface area (Å²) in [4.78, 5) is 17.0. The molecule has 0 saturated carbocycles. The van der Waals surface area contributed by atoms with Crippen LogP contribution in [0.15, 0.2) is 48.8 Å². The maximum absolute atomic E-state index is 10.5. The average Bonchev–Trinajstić information content (AvgIpc) is 2.87. The number of benzene rings is 1. The van der Waals surface area contributed by atoms with Gasteiger partial charge in [0.2, 0.25) is 5.88 Å². The van der Waals surface area contributed by atoms with Crippen LogP contribution < -0.4 is 4.74 Å². The Morgan fingerprint density at radius 3 is 2.84 bits per heavy atom. The number of ether oxygens (including phenoxy) is 1. The third-order valence-corrected chi connectivity index (χ3v) is 2.68. The minimum atomic E-state index is -0.498. The number of nitrogens with one attached hydrogen (secondary N) is 1. The first-order valence-electron chi connectivity index (χ1n) is 5.58. The molecular formula is C13H9N3O3. The van der Waals surface area contributed by atoms with Crippen LogP contribution in [-0.2, 0) is 0 Å². The van der Waals surface area contributed by atoms with Gasteiger partial charge in [0.25, 0.3) is 5.69 Å². The number of H-pyrrole nitrogens is 1. The maximum atomic E-state index is 10.5. The third kappa shape index (κ3) is 2.23. The largest absolute Gasteiger partial charge is 0.439 e. The number of nitro groups is 1. The number of hydrogen-bond donors (Lipinski definition) is 1. The molecule has 0 saturated heterocycles. The second-order valence-corrected chi connectivity index (χ2v) is 3.94. The van der Waals surface area contributed by atoms with E-state index in [0.29, 0.717) is 11.6 Å². The molecule has 0 spiro atoms. The molecule has 0 atom stereocenters. The van der Waals surface area contributed by atoms with Crippen LogP contribution >= 0.6 is 0 Å². The average molecular weight is 255 g/mol. The van der Waals surface area contributed by atoms with Crippen molar-refractivity contribution in [3.8, 4) is 11.6 Å². The van der Waals surface area contributed by atoms with E-state index in [1.165, 1.54) is 18.3 Å². The van der Waals surface area contributed by atoms with Crippen molar-refractivity contribution in [1.82, 2.24) is 9.97 Å². The highest BCUT2D eigenvalue weighted by molar-refractivity contribution is 5.80. The molecule has 6 heteroatoms. The van der Waals surface area contributed by atoms with Crippen LogP contribution in [0, 0.1) is 10.1 Å². The summed E-state index contributed by atoms with van der Waals surface area (Å²) in [6, 6.07) is 10.4. The lowest BCUT2D eigenvalue weighted by atomic mass is 10.2. The first-order valence-corrected chi connectivity index (χ1v) is 5.58. The summed E-state index contributed by atoms with van der Waals surface area (Å²) in [6.45, 7) is 0. The van der Waals surface area contributed by atoms with E-state index < -0.39 is 4.92 Å². The molecule has 1 aromatic carbocycles. The Labute approximate surface area is 107 Å². The molecule has 0 bridgehead atoms. The molecule has 3 aromatic rings. The van der Waals surface area contributed by atoms with E-state index in [1.54, 1.807) is 0 Å². The Morgan fingerprint density at radius 2 is 2.11 bits per heavy atom. The van der Waals surface area contributed by atoms with Gasteiger partial charge < -0.3 is 9.72 Å². The van der Waals surface area contributed by atoms with Crippen LogP contribution in [-0.4, -0.2) is 14.9 Å². The molecule has 0 radical (unpaired) electrons. The highest BCUT2D eigenvalue weighted by Crippen LogP contribution is 2.24. The van der Waals surface area contributed by atoms with E-state index in [4.69, 9.17) is 4.74 Å². The Kier molecular flexibility index (Phi) is 2.60. The fourth-order valence-electron chi connectivity index (χ4n) is 1.75. The van der Waals surface area contributed by atoms with Crippen molar-refractivity contribution in [3.63, 3.8) is 0 Å². The smallest absolute Gasteiger partial charge is 0.287 e. The van der Waals surface area contributed by atoms with Gasteiger partial charge in [-0.2, -0.15) is 0 Å². The molecule has 0 unspecified atom stereocenters. The van der Waals surface area contributed by atoms with Gasteiger partial charge in [0.05, 0.1) is 4.92 Å². The molecule has 6 nitrogen and oxygen atoms in total. The van der Waals surface area contributed by atoms with Gasteiger partial charge >= 0.3 is 0 Å². The van der Waals surface area contributed by atoms with E-state index >= 15 is 0 Å². The lowest BCUT2D eigenvalue weighted by Gasteiger charge is -2.04. The van der Waals surface area contributed by atoms with E-state index in [0.717, 1.165) is 10.9 Å². The molecule has 0 aliphatic rings. The highest BCUT2D eigenvalue weighted by atomic mass is 16.6. The molecule has 19 heavy (non-hydrogen) atoms. The lowest BCUT2D eigenvalue weighted by molar-refractivity contribution is -0.385. The fourth-order valence-corrected chi connectivity index (χ4v) is 1.75. The van der Waals surface area contributed by atoms with Crippen LogP contribution in [0.1, 0.15) is 0 Å². The molecule has 94 valence electrons. The van der Waals surface area contributed by atoms with E-state index in [-0.39, 0.29) is 5.69 Å². The predicted molar refractivity (Wildman–Crippen MR) is 69.3 cm³/mol. The van der Waals surface area contributed by atoms with E-state index in [1.807, 2.05) is 30.5 Å². The quantitative estimate of drug-likeness (QED) is 0.575. The molecular weight excluding hydrogens is 246 g/mol. The summed E-state index contributed by atoms with van der Waals surface area (Å²) >= 11 is 0. The second-order valence-electron chi connectivity index (χ2n) is 3.94. The lowest BCUT2D eigenvalue weighted by Crippen LogP contribution is -1.91. The SMILES string of the molecule is O=[N+]([O-])c1ccc(Oc2ccc3cc[nH]c3c2)nc1. The summed E-state index contributed by atoms with van der Waals surface area (Å²) in [5, 5.41) is 11.6. The van der Waals surface area contributed by atoms with Gasteiger partial charge in [-0.25, -0.2) is 4.98 Å². The zero-order valence-electron chi connectivity index (χ0n) is 9.74. The monoisotopic (exact) mass is 255 g/mol. The van der Waals surface area contributed by atoms with Gasteiger partial charge in [-0.3, -0.25) is 10.1 Å². The summed E-state index contributed by atoms with van der Waals surface area (Å²) in [5.74, 6) is 0.938. The third-order valence-electron chi connectivity index (χ3n) is 2.68. The van der Waals surface area contributed by atoms with Crippen molar-refractivity contribution in [1.29, 1.82) is 0 Å². The van der Waals surface area contributed by atoms with Crippen LogP contribution in [0.25, 0.3) is 10.9 Å². The summed E-state index contributed by atoms with van der Waals surface area (Å²) < 4.78 is 5.54. The molecule has 0 fully saturated rings. The number of rotatable bonds is 3. The van der Waals surface area contributed by atoms with Crippen molar-refractivity contribution in [2.75, 3.05) is 0 Å². The van der Waals surface area contributed by atoms with Crippen molar-refractivity contribution in [2.24, 2.45) is 0 Å². The summed E-state index contributed by atoms with van der Waals surface area (Å²) in [5.41, 5.74) is 0.895. The maximum Gasteiger partial charge on any atom is 0.287 e. The number of pyridine rings is 1. The second kappa shape index (κ2) is 4.41. The zero-order valence-corrected chi connectivity index (χ0v) is 9.74. The number of fused-ring (bicyclic) bond motifs is 1. The minimum Gasteiger partial charge on any atom is -0.439 e. The van der Waals surface area contributed by atoms with Crippen LogP contribution in [0.4, 0.5) is 5.69 Å². The Morgan fingerprint density at radius 1 is 1.21 bits per heavy atom. The van der Waals surface area contributed by atoms with Crippen molar-refractivity contribution >= 4 is 16.6 Å². The number of hydrogen-bond acceptors (Lipinski definition) is 4. The molecule has 0 aliphatic heterocycles. The van der Waals surface area contributed by atoms with Gasteiger partial charge in [0, 0.05) is 29.9 Å². The topological polar surface area (TPSA) is 81.0 Å². The predicted octanol–water partition coefficient (Wildman–Crippen LogP) is 3.26. The van der Waals surface area contributed by atoms with Crippen LogP contribution in [0.5, 0.6) is 11.6 Å². The molecule has 2 heterocycles. The Balaban J connectivity index is 1.85. The molecule has 3 rings (SSSR count). The van der Waals surface area contributed by atoms with Crippen molar-refractivity contribution in [2.45, 2.75) is 0 Å². The minimum absolute atomic E-state index is 0.0628. The molecule has 0 aliphatic carbocycles. The number of aromatic nitrogens is 2. The van der Waals surface area contributed by atoms with E-state index in [2.05, 4.69) is 9.97 Å². The highest BCUT2D eigenvalue weighted by Gasteiger charge is 2.06. The first-order chi connectivity index (χ1) is 9.22. The van der Waals surface area contributed by atoms with Crippen LogP contribution in [0.3, 0.4) is 0 Å². The zero-order chi connectivity index (χ0) is 13.2.